The topological polar surface area (TPSA) is 76.2 Å². The molecular formula is C26H30N6O. The molecule has 1 fully saturated rings. The number of carbonyl (C=O) groups excluding carboxylic acids is 1. The van der Waals surface area contributed by atoms with Gasteiger partial charge in [0.15, 0.2) is 5.69 Å². The van der Waals surface area contributed by atoms with Gasteiger partial charge in [-0.2, -0.15) is 0 Å². The van der Waals surface area contributed by atoms with E-state index in [4.69, 9.17) is 6.57 Å². The van der Waals surface area contributed by atoms with E-state index in [0.29, 0.717) is 29.8 Å². The van der Waals surface area contributed by atoms with Crippen LogP contribution in [-0.2, 0) is 11.3 Å². The van der Waals surface area contributed by atoms with Gasteiger partial charge in [-0.05, 0) is 37.0 Å². The first-order chi connectivity index (χ1) is 16.1. The lowest BCUT2D eigenvalue weighted by Gasteiger charge is -2.27. The van der Waals surface area contributed by atoms with E-state index in [1.165, 1.54) is 32.1 Å². The van der Waals surface area contributed by atoms with Gasteiger partial charge in [0.2, 0.25) is 5.91 Å². The molecule has 4 rings (SSSR count). The van der Waals surface area contributed by atoms with Crippen LogP contribution in [0.3, 0.4) is 0 Å². The second-order valence-electron chi connectivity index (χ2n) is 8.68. The molecule has 1 aliphatic rings. The Morgan fingerprint density at radius 1 is 1.15 bits per heavy atom. The summed E-state index contributed by atoms with van der Waals surface area (Å²) >= 11 is 0. The van der Waals surface area contributed by atoms with Crippen molar-refractivity contribution in [3.63, 3.8) is 0 Å². The summed E-state index contributed by atoms with van der Waals surface area (Å²) in [5.74, 6) is 2.58. The zero-order valence-electron chi connectivity index (χ0n) is 19.0. The second-order valence-corrected chi connectivity index (χ2v) is 8.68. The largest absolute Gasteiger partial charge is 0.358 e. The number of nitrogens with one attached hydrogen (secondary N) is 2. The predicted octanol–water partition coefficient (Wildman–Crippen LogP) is 5.19. The SMILES string of the molecule is [C-]#[N+]c1ccc(CNC(=O)C(CC2CCCCC2)Nc2cc(-n3cccc3)nc(C)n2)cc1. The van der Waals surface area contributed by atoms with Gasteiger partial charge in [0.1, 0.15) is 23.5 Å². The van der Waals surface area contributed by atoms with Crippen molar-refractivity contribution in [1.29, 1.82) is 0 Å². The molecule has 0 bridgehead atoms. The number of amides is 1. The summed E-state index contributed by atoms with van der Waals surface area (Å²) < 4.78 is 1.93. The van der Waals surface area contributed by atoms with E-state index in [0.717, 1.165) is 17.8 Å². The molecule has 1 aliphatic carbocycles. The minimum Gasteiger partial charge on any atom is -0.358 e. The molecule has 2 aromatic heterocycles. The lowest BCUT2D eigenvalue weighted by molar-refractivity contribution is -0.122. The maximum Gasteiger partial charge on any atom is 0.242 e. The van der Waals surface area contributed by atoms with Crippen molar-refractivity contribution in [2.75, 3.05) is 5.32 Å². The first-order valence-electron chi connectivity index (χ1n) is 11.6. The summed E-state index contributed by atoms with van der Waals surface area (Å²) in [5, 5.41) is 6.48. The van der Waals surface area contributed by atoms with Crippen LogP contribution in [0.15, 0.2) is 54.9 Å². The van der Waals surface area contributed by atoms with Crippen molar-refractivity contribution in [1.82, 2.24) is 19.9 Å². The van der Waals surface area contributed by atoms with Crippen molar-refractivity contribution in [3.05, 3.63) is 77.7 Å². The van der Waals surface area contributed by atoms with Crippen molar-refractivity contribution in [2.24, 2.45) is 5.92 Å². The molecule has 33 heavy (non-hydrogen) atoms. The van der Waals surface area contributed by atoms with Crippen molar-refractivity contribution < 1.29 is 4.79 Å². The number of nitrogens with zero attached hydrogens (tertiary/aromatic N) is 4. The highest BCUT2D eigenvalue weighted by molar-refractivity contribution is 5.84. The van der Waals surface area contributed by atoms with Gasteiger partial charge in [0.25, 0.3) is 0 Å². The summed E-state index contributed by atoms with van der Waals surface area (Å²) in [7, 11) is 0. The maximum absolute atomic E-state index is 13.2. The lowest BCUT2D eigenvalue weighted by atomic mass is 9.84. The Bertz CT molecular complexity index is 1090. The van der Waals surface area contributed by atoms with Crippen LogP contribution in [0, 0.1) is 19.4 Å². The first-order valence-corrected chi connectivity index (χ1v) is 11.6. The third kappa shape index (κ3) is 6.19. The number of aryl methyl sites for hydroxylation is 1. The standard InChI is InChI=1S/C26H30N6O/c1-19-29-24(17-25(30-19)32-14-6-7-15-32)31-23(16-20-8-4-3-5-9-20)26(33)28-18-21-10-12-22(27-2)13-11-21/h6-7,10-15,17,20,23H,3-5,8-9,16,18H2,1H3,(H,28,33)(H,29,30,31). The fourth-order valence-corrected chi connectivity index (χ4v) is 4.41. The van der Waals surface area contributed by atoms with Crippen LogP contribution in [0.4, 0.5) is 11.5 Å². The number of benzene rings is 1. The zero-order valence-corrected chi connectivity index (χ0v) is 19.0. The Morgan fingerprint density at radius 2 is 1.88 bits per heavy atom. The second kappa shape index (κ2) is 10.8. The van der Waals surface area contributed by atoms with Gasteiger partial charge in [-0.25, -0.2) is 14.8 Å². The molecule has 0 radical (unpaired) electrons. The van der Waals surface area contributed by atoms with E-state index in [1.807, 2.05) is 54.2 Å². The van der Waals surface area contributed by atoms with Crippen LogP contribution >= 0.6 is 0 Å². The van der Waals surface area contributed by atoms with Gasteiger partial charge >= 0.3 is 0 Å². The first kappa shape index (κ1) is 22.5. The minimum atomic E-state index is -0.373. The van der Waals surface area contributed by atoms with E-state index in [1.54, 1.807) is 12.1 Å². The van der Waals surface area contributed by atoms with Gasteiger partial charge in [-0.3, -0.25) is 4.79 Å². The number of carbonyl (C=O) groups is 1. The van der Waals surface area contributed by atoms with E-state index in [2.05, 4.69) is 25.4 Å². The Morgan fingerprint density at radius 3 is 2.58 bits per heavy atom. The molecule has 0 saturated heterocycles. The van der Waals surface area contributed by atoms with E-state index in [9.17, 15) is 4.79 Å². The Hall–Kier alpha value is -3.66. The zero-order chi connectivity index (χ0) is 23.0. The molecule has 170 valence electrons. The Kier molecular flexibility index (Phi) is 7.36. The fraction of sp³-hybridized carbons (Fsp3) is 0.385. The van der Waals surface area contributed by atoms with Crippen LogP contribution in [0.2, 0.25) is 0 Å². The summed E-state index contributed by atoms with van der Waals surface area (Å²) in [5.41, 5.74) is 1.57. The highest BCUT2D eigenvalue weighted by Crippen LogP contribution is 2.28. The molecular weight excluding hydrogens is 412 g/mol. The summed E-state index contributed by atoms with van der Waals surface area (Å²) in [6.07, 6.45) is 10.8. The quantitative estimate of drug-likeness (QED) is 0.471. The Labute approximate surface area is 195 Å². The molecule has 0 spiro atoms. The molecule has 1 atom stereocenters. The molecule has 2 heterocycles. The molecule has 2 N–H and O–H groups in total. The summed E-state index contributed by atoms with van der Waals surface area (Å²) in [6.45, 7) is 9.37. The van der Waals surface area contributed by atoms with Gasteiger partial charge < -0.3 is 15.2 Å². The Balaban J connectivity index is 1.49. The van der Waals surface area contributed by atoms with Gasteiger partial charge in [-0.1, -0.05) is 56.4 Å². The van der Waals surface area contributed by atoms with Crippen molar-refractivity contribution >= 4 is 17.4 Å². The number of aromatic nitrogens is 3. The van der Waals surface area contributed by atoms with Crippen LogP contribution < -0.4 is 10.6 Å². The normalized spacial score (nSPS) is 14.9. The fourth-order valence-electron chi connectivity index (χ4n) is 4.41. The van der Waals surface area contributed by atoms with Gasteiger partial charge in [0, 0.05) is 25.0 Å². The number of rotatable bonds is 8. The van der Waals surface area contributed by atoms with Gasteiger partial charge in [-0.15, -0.1) is 0 Å². The highest BCUT2D eigenvalue weighted by atomic mass is 16.2. The smallest absolute Gasteiger partial charge is 0.242 e. The van der Waals surface area contributed by atoms with E-state index < -0.39 is 0 Å². The predicted molar refractivity (Wildman–Crippen MR) is 129 cm³/mol. The summed E-state index contributed by atoms with van der Waals surface area (Å²) in [6, 6.07) is 12.7. The molecule has 1 saturated carbocycles. The molecule has 7 nitrogen and oxygen atoms in total. The third-order valence-corrected chi connectivity index (χ3v) is 6.16. The van der Waals surface area contributed by atoms with Crippen LogP contribution in [-0.4, -0.2) is 26.5 Å². The average molecular weight is 443 g/mol. The van der Waals surface area contributed by atoms with E-state index in [-0.39, 0.29) is 11.9 Å². The molecule has 7 heteroatoms. The lowest BCUT2D eigenvalue weighted by Crippen LogP contribution is -2.41. The number of anilines is 1. The minimum absolute atomic E-state index is 0.0337. The molecule has 1 unspecified atom stereocenters. The van der Waals surface area contributed by atoms with E-state index >= 15 is 0 Å². The van der Waals surface area contributed by atoms with Crippen molar-refractivity contribution in [2.45, 2.75) is 58.0 Å². The van der Waals surface area contributed by atoms with Crippen molar-refractivity contribution in [3.8, 4) is 5.82 Å². The molecule has 1 aromatic carbocycles. The van der Waals surface area contributed by atoms with Crippen LogP contribution in [0.5, 0.6) is 0 Å². The van der Waals surface area contributed by atoms with Crippen LogP contribution in [0.25, 0.3) is 10.7 Å². The highest BCUT2D eigenvalue weighted by Gasteiger charge is 2.25. The number of hydrogen-bond donors (Lipinski definition) is 2. The molecule has 1 amide bonds. The molecule has 3 aromatic rings. The summed E-state index contributed by atoms with van der Waals surface area (Å²) in [4.78, 5) is 25.7. The van der Waals surface area contributed by atoms with Gasteiger partial charge in [0.05, 0.1) is 6.57 Å². The van der Waals surface area contributed by atoms with Crippen LogP contribution in [0.1, 0.15) is 49.9 Å². The number of hydrogen-bond acceptors (Lipinski definition) is 4. The monoisotopic (exact) mass is 442 g/mol. The average Bonchev–Trinajstić information content (AvgIpc) is 3.38. The molecule has 0 aliphatic heterocycles. The third-order valence-electron chi connectivity index (χ3n) is 6.16. The maximum atomic E-state index is 13.2.